The van der Waals surface area contributed by atoms with Crippen LogP contribution in [0.3, 0.4) is 0 Å². The standard InChI is InChI=1S/C12H20O4/c1-12(2)10(13)5-6-16-11(12)7-9(15-4)8-14-3/h5-6,9,11H,7-8H2,1-4H3/t9-,11+/m0/s1. The average molecular weight is 228 g/mol. The summed E-state index contributed by atoms with van der Waals surface area (Å²) in [4.78, 5) is 11.7. The molecule has 0 fully saturated rings. The van der Waals surface area contributed by atoms with Crippen LogP contribution >= 0.6 is 0 Å². The number of rotatable bonds is 5. The van der Waals surface area contributed by atoms with Crippen LogP contribution in [0.15, 0.2) is 12.3 Å². The van der Waals surface area contributed by atoms with Crippen LogP contribution in [0.4, 0.5) is 0 Å². The largest absolute Gasteiger partial charge is 0.497 e. The van der Waals surface area contributed by atoms with E-state index in [0.717, 1.165) is 0 Å². The number of allylic oxidation sites excluding steroid dienone is 1. The monoisotopic (exact) mass is 228 g/mol. The molecule has 0 aromatic carbocycles. The lowest BCUT2D eigenvalue weighted by molar-refractivity contribution is -0.133. The fraction of sp³-hybridized carbons (Fsp3) is 0.750. The van der Waals surface area contributed by atoms with Crippen LogP contribution in [-0.2, 0) is 19.0 Å². The Kier molecular flexibility index (Phi) is 4.50. The van der Waals surface area contributed by atoms with E-state index in [1.807, 2.05) is 13.8 Å². The molecule has 0 spiro atoms. The molecule has 1 rings (SSSR count). The van der Waals surface area contributed by atoms with Crippen molar-refractivity contribution in [2.24, 2.45) is 5.41 Å². The molecule has 16 heavy (non-hydrogen) atoms. The minimum atomic E-state index is -0.501. The van der Waals surface area contributed by atoms with E-state index in [1.165, 1.54) is 12.3 Å². The second-order valence-electron chi connectivity index (χ2n) is 4.56. The Bertz CT molecular complexity index is 270. The van der Waals surface area contributed by atoms with Crippen molar-refractivity contribution in [3.8, 4) is 0 Å². The molecule has 1 aliphatic rings. The van der Waals surface area contributed by atoms with Gasteiger partial charge in [-0.25, -0.2) is 0 Å². The summed E-state index contributed by atoms with van der Waals surface area (Å²) in [6.45, 7) is 4.29. The maximum Gasteiger partial charge on any atom is 0.168 e. The SMILES string of the molecule is COC[C@H](C[C@H]1OC=CC(=O)C1(C)C)OC. The Morgan fingerprint density at radius 3 is 2.75 bits per heavy atom. The van der Waals surface area contributed by atoms with Crippen LogP contribution in [0.25, 0.3) is 0 Å². The summed E-state index contributed by atoms with van der Waals surface area (Å²) in [7, 11) is 3.26. The molecule has 0 unspecified atom stereocenters. The van der Waals surface area contributed by atoms with E-state index in [2.05, 4.69) is 0 Å². The Balaban J connectivity index is 2.65. The summed E-state index contributed by atoms with van der Waals surface area (Å²) in [6, 6.07) is 0. The van der Waals surface area contributed by atoms with E-state index in [4.69, 9.17) is 14.2 Å². The summed E-state index contributed by atoms with van der Waals surface area (Å²) < 4.78 is 15.8. The van der Waals surface area contributed by atoms with Gasteiger partial charge in [0.25, 0.3) is 0 Å². The fourth-order valence-electron chi connectivity index (χ4n) is 1.75. The lowest BCUT2D eigenvalue weighted by atomic mass is 9.78. The summed E-state index contributed by atoms with van der Waals surface area (Å²) in [6.07, 6.45) is 3.39. The van der Waals surface area contributed by atoms with Crippen molar-refractivity contribution < 1.29 is 19.0 Å². The first-order valence-electron chi connectivity index (χ1n) is 5.40. The van der Waals surface area contributed by atoms with Crippen LogP contribution in [0.1, 0.15) is 20.3 Å². The normalized spacial score (nSPS) is 25.2. The Labute approximate surface area is 96.6 Å². The van der Waals surface area contributed by atoms with E-state index in [-0.39, 0.29) is 18.0 Å². The topological polar surface area (TPSA) is 44.8 Å². The zero-order chi connectivity index (χ0) is 12.2. The van der Waals surface area contributed by atoms with Crippen LogP contribution in [0, 0.1) is 5.41 Å². The van der Waals surface area contributed by atoms with Crippen LogP contribution in [0.2, 0.25) is 0 Å². The molecule has 92 valence electrons. The first-order chi connectivity index (χ1) is 7.52. The van der Waals surface area contributed by atoms with Crippen molar-refractivity contribution >= 4 is 5.78 Å². The molecule has 0 saturated carbocycles. The minimum absolute atomic E-state index is 0.0476. The van der Waals surface area contributed by atoms with Crippen molar-refractivity contribution in [1.29, 1.82) is 0 Å². The number of carbonyl (C=O) groups excluding carboxylic acids is 1. The van der Waals surface area contributed by atoms with Gasteiger partial charge in [0.1, 0.15) is 6.10 Å². The van der Waals surface area contributed by atoms with Gasteiger partial charge in [-0.1, -0.05) is 0 Å². The summed E-state index contributed by atoms with van der Waals surface area (Å²) in [5, 5.41) is 0. The molecule has 0 aromatic rings. The fourth-order valence-corrected chi connectivity index (χ4v) is 1.75. The van der Waals surface area contributed by atoms with E-state index < -0.39 is 5.41 Å². The van der Waals surface area contributed by atoms with Crippen molar-refractivity contribution in [3.63, 3.8) is 0 Å². The van der Waals surface area contributed by atoms with Gasteiger partial charge in [0.05, 0.1) is 24.4 Å². The van der Waals surface area contributed by atoms with Gasteiger partial charge in [-0.3, -0.25) is 4.79 Å². The van der Waals surface area contributed by atoms with Crippen molar-refractivity contribution in [2.75, 3.05) is 20.8 Å². The molecular formula is C12H20O4. The molecule has 1 heterocycles. The van der Waals surface area contributed by atoms with Gasteiger partial charge in [-0.2, -0.15) is 0 Å². The van der Waals surface area contributed by atoms with Crippen molar-refractivity contribution in [3.05, 3.63) is 12.3 Å². The molecule has 2 atom stereocenters. The molecule has 0 bridgehead atoms. The van der Waals surface area contributed by atoms with Gasteiger partial charge in [0.2, 0.25) is 0 Å². The van der Waals surface area contributed by atoms with Gasteiger partial charge in [0, 0.05) is 26.7 Å². The van der Waals surface area contributed by atoms with E-state index >= 15 is 0 Å². The number of hydrogen-bond donors (Lipinski definition) is 0. The molecule has 0 radical (unpaired) electrons. The number of ether oxygens (including phenoxy) is 3. The first kappa shape index (κ1) is 13.2. The molecule has 0 aliphatic carbocycles. The molecule has 4 heteroatoms. The third-order valence-electron chi connectivity index (χ3n) is 3.07. The predicted octanol–water partition coefficient (Wildman–Crippen LogP) is 1.55. The number of hydrogen-bond acceptors (Lipinski definition) is 4. The van der Waals surface area contributed by atoms with Gasteiger partial charge in [-0.15, -0.1) is 0 Å². The third-order valence-corrected chi connectivity index (χ3v) is 3.07. The second kappa shape index (κ2) is 5.46. The third kappa shape index (κ3) is 2.83. The smallest absolute Gasteiger partial charge is 0.168 e. The maximum absolute atomic E-state index is 11.7. The molecule has 0 saturated heterocycles. The van der Waals surface area contributed by atoms with Gasteiger partial charge >= 0.3 is 0 Å². The number of methoxy groups -OCH3 is 2. The van der Waals surface area contributed by atoms with E-state index in [1.54, 1.807) is 14.2 Å². The zero-order valence-corrected chi connectivity index (χ0v) is 10.4. The van der Waals surface area contributed by atoms with Gasteiger partial charge in [-0.05, 0) is 13.8 Å². The lowest BCUT2D eigenvalue weighted by Crippen LogP contribution is -2.42. The van der Waals surface area contributed by atoms with Crippen LogP contribution in [0.5, 0.6) is 0 Å². The number of ketones is 1. The molecule has 1 aliphatic heterocycles. The average Bonchev–Trinajstić information content (AvgIpc) is 2.24. The van der Waals surface area contributed by atoms with Crippen LogP contribution in [-0.4, -0.2) is 38.8 Å². The van der Waals surface area contributed by atoms with Crippen molar-refractivity contribution in [2.45, 2.75) is 32.5 Å². The highest BCUT2D eigenvalue weighted by molar-refractivity contribution is 5.95. The van der Waals surface area contributed by atoms with E-state index in [0.29, 0.717) is 13.0 Å². The molecule has 0 aromatic heterocycles. The van der Waals surface area contributed by atoms with Crippen LogP contribution < -0.4 is 0 Å². The highest BCUT2D eigenvalue weighted by atomic mass is 16.5. The minimum Gasteiger partial charge on any atom is -0.497 e. The molecule has 0 amide bonds. The highest BCUT2D eigenvalue weighted by Crippen LogP contribution is 2.32. The molecule has 4 nitrogen and oxygen atoms in total. The second-order valence-corrected chi connectivity index (χ2v) is 4.56. The summed E-state index contributed by atoms with van der Waals surface area (Å²) >= 11 is 0. The lowest BCUT2D eigenvalue weighted by Gasteiger charge is -2.35. The zero-order valence-electron chi connectivity index (χ0n) is 10.4. The first-order valence-corrected chi connectivity index (χ1v) is 5.40. The van der Waals surface area contributed by atoms with Gasteiger partial charge in [0.15, 0.2) is 5.78 Å². The quantitative estimate of drug-likeness (QED) is 0.716. The number of carbonyl (C=O) groups is 1. The molecular weight excluding hydrogens is 208 g/mol. The summed E-state index contributed by atoms with van der Waals surface area (Å²) in [5.74, 6) is 0.0935. The predicted molar refractivity (Wildman–Crippen MR) is 60.1 cm³/mol. The summed E-state index contributed by atoms with van der Waals surface area (Å²) in [5.41, 5.74) is -0.501. The van der Waals surface area contributed by atoms with Gasteiger partial charge < -0.3 is 14.2 Å². The Hall–Kier alpha value is -0.870. The maximum atomic E-state index is 11.7. The van der Waals surface area contributed by atoms with E-state index in [9.17, 15) is 4.79 Å². The molecule has 0 N–H and O–H groups in total. The highest BCUT2D eigenvalue weighted by Gasteiger charge is 2.40. The Morgan fingerprint density at radius 2 is 2.19 bits per heavy atom. The van der Waals surface area contributed by atoms with Crippen molar-refractivity contribution in [1.82, 2.24) is 0 Å². The Morgan fingerprint density at radius 1 is 1.50 bits per heavy atom.